The average molecular weight is 349 g/mol. The van der Waals surface area contributed by atoms with E-state index in [1.54, 1.807) is 6.07 Å². The topological polar surface area (TPSA) is 74.8 Å². The van der Waals surface area contributed by atoms with Gasteiger partial charge in [0.1, 0.15) is 0 Å². The Bertz CT molecular complexity index is 963. The quantitative estimate of drug-likeness (QED) is 0.637. The monoisotopic (exact) mass is 349 g/mol. The lowest BCUT2D eigenvalue weighted by atomic mass is 10.0. The molecule has 2 aromatic carbocycles. The zero-order valence-electron chi connectivity index (χ0n) is 14.9. The van der Waals surface area contributed by atoms with Gasteiger partial charge in [-0.3, -0.25) is 9.59 Å². The minimum absolute atomic E-state index is 0.0801. The van der Waals surface area contributed by atoms with Crippen molar-refractivity contribution in [2.75, 3.05) is 0 Å². The summed E-state index contributed by atoms with van der Waals surface area (Å²) in [6.07, 6.45) is 3.68. The molecule has 0 saturated heterocycles. The Balaban J connectivity index is 1.79. The third kappa shape index (κ3) is 4.17. The standard InChI is InChI=1S/C21H23N3O2/c1-2-3-4-12-19(25)22-14-15-8-7-9-16(13-15)20-17-10-5-6-11-18(17)21(26)24-23-20/h5-11,13H,2-4,12,14H2,1H3,(H,22,25)(H,24,26). The maximum atomic E-state index is 11.9. The molecule has 0 aliphatic heterocycles. The van der Waals surface area contributed by atoms with Crippen molar-refractivity contribution in [3.63, 3.8) is 0 Å². The lowest BCUT2D eigenvalue weighted by Crippen LogP contribution is -2.22. The molecule has 1 aromatic heterocycles. The van der Waals surface area contributed by atoms with Crippen molar-refractivity contribution in [1.29, 1.82) is 0 Å². The van der Waals surface area contributed by atoms with Crippen LogP contribution < -0.4 is 10.9 Å². The van der Waals surface area contributed by atoms with Crippen LogP contribution in [-0.4, -0.2) is 16.1 Å². The van der Waals surface area contributed by atoms with Crippen LogP contribution in [0.1, 0.15) is 38.2 Å². The molecule has 0 bridgehead atoms. The summed E-state index contributed by atoms with van der Waals surface area (Å²) in [6.45, 7) is 2.61. The fourth-order valence-electron chi connectivity index (χ4n) is 2.99. The van der Waals surface area contributed by atoms with E-state index in [4.69, 9.17) is 0 Å². The van der Waals surface area contributed by atoms with Crippen LogP contribution in [0, 0.1) is 0 Å². The Hall–Kier alpha value is -2.95. The highest BCUT2D eigenvalue weighted by atomic mass is 16.1. The Kier molecular flexibility index (Phi) is 5.79. The molecule has 0 atom stereocenters. The summed E-state index contributed by atoms with van der Waals surface area (Å²) >= 11 is 0. The van der Waals surface area contributed by atoms with Crippen molar-refractivity contribution < 1.29 is 4.79 Å². The van der Waals surface area contributed by atoms with Crippen LogP contribution in [0.4, 0.5) is 0 Å². The fourth-order valence-corrected chi connectivity index (χ4v) is 2.99. The SMILES string of the molecule is CCCCCC(=O)NCc1cccc(-c2n[nH]c(=O)c3ccccc23)c1. The molecule has 0 radical (unpaired) electrons. The number of H-pyrrole nitrogens is 1. The molecule has 0 saturated carbocycles. The van der Waals surface area contributed by atoms with Gasteiger partial charge in [0.2, 0.25) is 5.91 Å². The molecule has 5 nitrogen and oxygen atoms in total. The summed E-state index contributed by atoms with van der Waals surface area (Å²) in [4.78, 5) is 23.8. The van der Waals surface area contributed by atoms with Crippen LogP contribution >= 0.6 is 0 Å². The molecule has 0 aliphatic carbocycles. The van der Waals surface area contributed by atoms with Crippen molar-refractivity contribution in [2.45, 2.75) is 39.2 Å². The molecule has 2 N–H and O–H groups in total. The number of hydrogen-bond donors (Lipinski definition) is 2. The summed E-state index contributed by atoms with van der Waals surface area (Å²) in [7, 11) is 0. The first-order valence-electron chi connectivity index (χ1n) is 9.02. The number of fused-ring (bicyclic) bond motifs is 1. The minimum Gasteiger partial charge on any atom is -0.352 e. The largest absolute Gasteiger partial charge is 0.352 e. The first-order chi connectivity index (χ1) is 12.7. The van der Waals surface area contributed by atoms with E-state index < -0.39 is 0 Å². The first kappa shape index (κ1) is 17.9. The van der Waals surface area contributed by atoms with E-state index in [0.717, 1.165) is 41.5 Å². The van der Waals surface area contributed by atoms with Crippen molar-refractivity contribution in [2.24, 2.45) is 0 Å². The maximum absolute atomic E-state index is 11.9. The Labute approximate surface area is 152 Å². The van der Waals surface area contributed by atoms with Gasteiger partial charge in [0.25, 0.3) is 5.56 Å². The van der Waals surface area contributed by atoms with E-state index in [-0.39, 0.29) is 11.5 Å². The fraction of sp³-hybridized carbons (Fsp3) is 0.286. The molecule has 0 spiro atoms. The van der Waals surface area contributed by atoms with Gasteiger partial charge < -0.3 is 5.32 Å². The average Bonchev–Trinajstić information content (AvgIpc) is 2.67. The lowest BCUT2D eigenvalue weighted by Gasteiger charge is -2.09. The number of amides is 1. The van der Waals surface area contributed by atoms with Crippen LogP contribution in [0.25, 0.3) is 22.0 Å². The number of rotatable bonds is 7. The van der Waals surface area contributed by atoms with Gasteiger partial charge >= 0.3 is 0 Å². The maximum Gasteiger partial charge on any atom is 0.272 e. The van der Waals surface area contributed by atoms with E-state index in [2.05, 4.69) is 22.4 Å². The molecule has 26 heavy (non-hydrogen) atoms. The Morgan fingerprint density at radius 3 is 2.69 bits per heavy atom. The molecule has 1 heterocycles. The second kappa shape index (κ2) is 8.43. The summed E-state index contributed by atoms with van der Waals surface area (Å²) in [5, 5.41) is 11.2. The highest BCUT2D eigenvalue weighted by molar-refractivity contribution is 5.93. The molecule has 134 valence electrons. The van der Waals surface area contributed by atoms with Gasteiger partial charge in [0.05, 0.1) is 11.1 Å². The third-order valence-corrected chi connectivity index (χ3v) is 4.39. The number of hydrogen-bond acceptors (Lipinski definition) is 3. The third-order valence-electron chi connectivity index (χ3n) is 4.39. The smallest absolute Gasteiger partial charge is 0.272 e. The highest BCUT2D eigenvalue weighted by Gasteiger charge is 2.09. The van der Waals surface area contributed by atoms with E-state index in [1.165, 1.54) is 0 Å². The van der Waals surface area contributed by atoms with E-state index in [9.17, 15) is 9.59 Å². The Morgan fingerprint density at radius 2 is 1.88 bits per heavy atom. The molecule has 0 unspecified atom stereocenters. The van der Waals surface area contributed by atoms with Gasteiger partial charge in [-0.15, -0.1) is 0 Å². The number of nitrogens with zero attached hydrogens (tertiary/aromatic N) is 1. The zero-order chi connectivity index (χ0) is 18.4. The molecule has 3 rings (SSSR count). The number of carbonyl (C=O) groups is 1. The first-order valence-corrected chi connectivity index (χ1v) is 9.02. The van der Waals surface area contributed by atoms with Crippen LogP contribution in [0.15, 0.2) is 53.3 Å². The van der Waals surface area contributed by atoms with Gasteiger partial charge in [-0.1, -0.05) is 56.2 Å². The summed E-state index contributed by atoms with van der Waals surface area (Å²) in [6, 6.07) is 15.3. The van der Waals surface area contributed by atoms with Crippen molar-refractivity contribution >= 4 is 16.7 Å². The second-order valence-electron chi connectivity index (χ2n) is 6.38. The minimum atomic E-state index is -0.195. The number of nitrogens with one attached hydrogen (secondary N) is 2. The number of carbonyl (C=O) groups excluding carboxylic acids is 1. The summed E-state index contributed by atoms with van der Waals surface area (Å²) in [5.41, 5.74) is 2.45. The number of aromatic amines is 1. The van der Waals surface area contributed by atoms with Crippen LogP contribution in [0.3, 0.4) is 0 Å². The summed E-state index contributed by atoms with van der Waals surface area (Å²) in [5.74, 6) is 0.0801. The number of unbranched alkanes of at least 4 members (excludes halogenated alkanes) is 2. The summed E-state index contributed by atoms with van der Waals surface area (Å²) < 4.78 is 0. The zero-order valence-corrected chi connectivity index (χ0v) is 14.9. The van der Waals surface area contributed by atoms with Crippen molar-refractivity contribution in [1.82, 2.24) is 15.5 Å². The van der Waals surface area contributed by atoms with Crippen molar-refractivity contribution in [3.8, 4) is 11.3 Å². The van der Waals surface area contributed by atoms with Gasteiger partial charge in [0, 0.05) is 23.9 Å². The Morgan fingerprint density at radius 1 is 1.08 bits per heavy atom. The van der Waals surface area contributed by atoms with E-state index in [1.807, 2.05) is 42.5 Å². The second-order valence-corrected chi connectivity index (χ2v) is 6.38. The van der Waals surface area contributed by atoms with Gasteiger partial charge in [-0.2, -0.15) is 5.10 Å². The van der Waals surface area contributed by atoms with Crippen LogP contribution in [0.2, 0.25) is 0 Å². The predicted molar refractivity (Wildman–Crippen MR) is 104 cm³/mol. The molecular weight excluding hydrogens is 326 g/mol. The predicted octanol–water partition coefficient (Wildman–Crippen LogP) is 3.79. The lowest BCUT2D eigenvalue weighted by molar-refractivity contribution is -0.121. The number of aromatic nitrogens is 2. The van der Waals surface area contributed by atoms with Crippen molar-refractivity contribution in [3.05, 3.63) is 64.4 Å². The van der Waals surface area contributed by atoms with Gasteiger partial charge in [-0.05, 0) is 24.1 Å². The van der Waals surface area contributed by atoms with Gasteiger partial charge in [-0.25, -0.2) is 5.10 Å². The highest BCUT2D eigenvalue weighted by Crippen LogP contribution is 2.24. The van der Waals surface area contributed by atoms with Crippen LogP contribution in [0.5, 0.6) is 0 Å². The molecule has 1 amide bonds. The molecule has 5 heteroatoms. The van der Waals surface area contributed by atoms with E-state index in [0.29, 0.717) is 18.4 Å². The van der Waals surface area contributed by atoms with Gasteiger partial charge in [0.15, 0.2) is 0 Å². The molecular formula is C21H23N3O2. The molecule has 0 aliphatic rings. The normalized spacial score (nSPS) is 10.8. The van der Waals surface area contributed by atoms with Crippen LogP contribution in [-0.2, 0) is 11.3 Å². The van der Waals surface area contributed by atoms with E-state index >= 15 is 0 Å². The molecule has 0 fully saturated rings. The number of benzene rings is 2. The molecule has 3 aromatic rings.